The Bertz CT molecular complexity index is 1190. The molecular formula is C29H24BrNOS2. The van der Waals surface area contributed by atoms with E-state index in [1.165, 1.54) is 0 Å². The van der Waals surface area contributed by atoms with Crippen molar-refractivity contribution in [2.45, 2.75) is 22.8 Å². The molecule has 2 nitrogen and oxygen atoms in total. The van der Waals surface area contributed by atoms with E-state index in [1.807, 2.05) is 90.0 Å². The molecule has 170 valence electrons. The summed E-state index contributed by atoms with van der Waals surface area (Å²) in [5, 5.41) is 0. The zero-order valence-electron chi connectivity index (χ0n) is 18.5. The van der Waals surface area contributed by atoms with Crippen LogP contribution < -0.4 is 0 Å². The van der Waals surface area contributed by atoms with Gasteiger partial charge in [-0.3, -0.25) is 4.79 Å². The van der Waals surface area contributed by atoms with Gasteiger partial charge in [-0.2, -0.15) is 0 Å². The second kappa shape index (κ2) is 12.7. The molecule has 1 amide bonds. The van der Waals surface area contributed by atoms with Crippen LogP contribution in [0.2, 0.25) is 0 Å². The van der Waals surface area contributed by atoms with Gasteiger partial charge in [0.2, 0.25) is 5.91 Å². The molecule has 0 aromatic heterocycles. The lowest BCUT2D eigenvalue weighted by Gasteiger charge is -2.21. The van der Waals surface area contributed by atoms with Crippen molar-refractivity contribution < 1.29 is 4.79 Å². The van der Waals surface area contributed by atoms with E-state index in [0.29, 0.717) is 13.0 Å². The summed E-state index contributed by atoms with van der Waals surface area (Å²) >= 11 is 6.93. The molecule has 34 heavy (non-hydrogen) atoms. The average molecular weight is 547 g/mol. The van der Waals surface area contributed by atoms with Gasteiger partial charge in [0.15, 0.2) is 0 Å². The molecule has 0 saturated heterocycles. The Labute approximate surface area is 218 Å². The molecule has 4 aromatic carbocycles. The van der Waals surface area contributed by atoms with E-state index in [0.717, 1.165) is 29.6 Å². The predicted molar refractivity (Wildman–Crippen MR) is 148 cm³/mol. The Hall–Kier alpha value is -2.73. The van der Waals surface area contributed by atoms with Crippen molar-refractivity contribution in [3.05, 3.63) is 141 Å². The van der Waals surface area contributed by atoms with Crippen LogP contribution in [0.5, 0.6) is 0 Å². The number of hydrogen-bond donors (Lipinski definition) is 0. The molecule has 0 N–H and O–H groups in total. The van der Waals surface area contributed by atoms with Crippen molar-refractivity contribution in [2.24, 2.45) is 0 Å². The van der Waals surface area contributed by atoms with E-state index in [1.54, 1.807) is 23.5 Å². The maximum Gasteiger partial charge on any atom is 0.231 e. The molecule has 0 fully saturated rings. The third kappa shape index (κ3) is 7.39. The van der Waals surface area contributed by atoms with Crippen molar-refractivity contribution in [1.29, 1.82) is 0 Å². The van der Waals surface area contributed by atoms with Crippen molar-refractivity contribution in [3.63, 3.8) is 0 Å². The van der Waals surface area contributed by atoms with Gasteiger partial charge < -0.3 is 4.90 Å². The molecule has 0 bridgehead atoms. The van der Waals surface area contributed by atoms with Gasteiger partial charge in [-0.25, -0.2) is 0 Å². The monoisotopic (exact) mass is 545 g/mol. The van der Waals surface area contributed by atoms with Crippen LogP contribution in [-0.2, 0) is 17.8 Å². The lowest BCUT2D eigenvalue weighted by molar-refractivity contribution is -0.128. The second-order valence-corrected chi connectivity index (χ2v) is 10.9. The maximum absolute atomic E-state index is 13.6. The van der Waals surface area contributed by atoms with E-state index in [2.05, 4.69) is 52.3 Å². The Balaban J connectivity index is 1.66. The van der Waals surface area contributed by atoms with Gasteiger partial charge in [-0.1, -0.05) is 124 Å². The maximum atomic E-state index is 13.6. The minimum absolute atomic E-state index is 0.0515. The minimum atomic E-state index is 0.0515. The van der Waals surface area contributed by atoms with Gasteiger partial charge in [0.25, 0.3) is 0 Å². The summed E-state index contributed by atoms with van der Waals surface area (Å²) in [4.78, 5) is 17.7. The van der Waals surface area contributed by atoms with E-state index in [4.69, 9.17) is 0 Å². The predicted octanol–water partition coefficient (Wildman–Crippen LogP) is 8.40. The first-order valence-electron chi connectivity index (χ1n) is 10.9. The minimum Gasteiger partial charge on any atom is -0.313 e. The Morgan fingerprint density at radius 2 is 1.21 bits per heavy atom. The summed E-state index contributed by atoms with van der Waals surface area (Å²) in [6, 6.07) is 38.6. The van der Waals surface area contributed by atoms with Crippen molar-refractivity contribution in [3.8, 4) is 0 Å². The first-order chi connectivity index (χ1) is 16.7. The highest BCUT2D eigenvalue weighted by Crippen LogP contribution is 2.39. The number of hydrogen-bond acceptors (Lipinski definition) is 3. The highest BCUT2D eigenvalue weighted by Gasteiger charge is 2.16. The average Bonchev–Trinajstić information content (AvgIpc) is 2.87. The molecule has 0 aliphatic heterocycles. The smallest absolute Gasteiger partial charge is 0.231 e. The number of thioether (sulfide) groups is 2. The fourth-order valence-corrected chi connectivity index (χ4v) is 5.88. The van der Waals surface area contributed by atoms with E-state index in [-0.39, 0.29) is 5.91 Å². The van der Waals surface area contributed by atoms with Gasteiger partial charge >= 0.3 is 0 Å². The van der Waals surface area contributed by atoms with Crippen LogP contribution in [0.3, 0.4) is 0 Å². The quantitative estimate of drug-likeness (QED) is 0.197. The Kier molecular flexibility index (Phi) is 9.08. The van der Waals surface area contributed by atoms with Crippen LogP contribution in [0, 0.1) is 0 Å². The first kappa shape index (κ1) is 24.4. The molecular weight excluding hydrogens is 522 g/mol. The molecule has 0 heterocycles. The normalized spacial score (nSPS) is 10.5. The SMILES string of the molecule is O=C(Cc1ccccc1Br)N(C=C(Sc1ccccc1)Sc1ccccc1)Cc1ccccc1. The molecule has 0 unspecified atom stereocenters. The van der Waals surface area contributed by atoms with E-state index < -0.39 is 0 Å². The van der Waals surface area contributed by atoms with Crippen LogP contribution in [0.4, 0.5) is 0 Å². The summed E-state index contributed by atoms with van der Waals surface area (Å²) in [7, 11) is 0. The highest BCUT2D eigenvalue weighted by atomic mass is 79.9. The molecule has 0 aliphatic rings. The molecule has 0 saturated carbocycles. The summed E-state index contributed by atoms with van der Waals surface area (Å²) in [6.07, 6.45) is 2.32. The van der Waals surface area contributed by atoms with Crippen molar-refractivity contribution >= 4 is 45.4 Å². The summed E-state index contributed by atoms with van der Waals surface area (Å²) in [6.45, 7) is 0.512. The van der Waals surface area contributed by atoms with Crippen molar-refractivity contribution in [2.75, 3.05) is 0 Å². The fraction of sp³-hybridized carbons (Fsp3) is 0.0690. The van der Waals surface area contributed by atoms with Crippen LogP contribution in [0.1, 0.15) is 11.1 Å². The van der Waals surface area contributed by atoms with Crippen LogP contribution >= 0.6 is 39.5 Å². The molecule has 0 atom stereocenters. The molecule has 0 aliphatic carbocycles. The summed E-state index contributed by atoms with van der Waals surface area (Å²) in [5.41, 5.74) is 2.07. The topological polar surface area (TPSA) is 20.3 Å². The number of benzene rings is 4. The van der Waals surface area contributed by atoms with E-state index in [9.17, 15) is 4.79 Å². The Morgan fingerprint density at radius 3 is 1.76 bits per heavy atom. The molecule has 0 spiro atoms. The zero-order chi connectivity index (χ0) is 23.6. The van der Waals surface area contributed by atoms with Crippen LogP contribution in [0.15, 0.2) is 140 Å². The second-order valence-electron chi connectivity index (χ2n) is 7.55. The van der Waals surface area contributed by atoms with Gasteiger partial charge in [0, 0.05) is 20.5 Å². The lowest BCUT2D eigenvalue weighted by atomic mass is 10.1. The van der Waals surface area contributed by atoms with Gasteiger partial charge in [-0.05, 0) is 41.5 Å². The molecule has 0 radical (unpaired) electrons. The summed E-state index contributed by atoms with van der Waals surface area (Å²) in [5.74, 6) is 0.0515. The number of carbonyl (C=O) groups excluding carboxylic acids is 1. The Morgan fingerprint density at radius 1 is 0.706 bits per heavy atom. The first-order valence-corrected chi connectivity index (χ1v) is 13.3. The largest absolute Gasteiger partial charge is 0.313 e. The number of halogens is 1. The van der Waals surface area contributed by atoms with E-state index >= 15 is 0 Å². The lowest BCUT2D eigenvalue weighted by Crippen LogP contribution is -2.27. The third-order valence-electron chi connectivity index (χ3n) is 5.00. The molecule has 5 heteroatoms. The third-order valence-corrected chi connectivity index (χ3v) is 7.90. The van der Waals surface area contributed by atoms with Gasteiger partial charge in [0.05, 0.1) is 17.2 Å². The number of nitrogens with zero attached hydrogens (tertiary/aromatic N) is 1. The van der Waals surface area contributed by atoms with Gasteiger partial charge in [-0.15, -0.1) is 0 Å². The van der Waals surface area contributed by atoms with Crippen LogP contribution in [-0.4, -0.2) is 10.8 Å². The standard InChI is InChI=1S/C29H24BrNOS2/c30-27-19-11-10-14-24(27)20-28(32)31(21-23-12-4-1-5-13-23)22-29(33-25-15-6-2-7-16-25)34-26-17-8-3-9-18-26/h1-19,22H,20-21H2. The highest BCUT2D eigenvalue weighted by molar-refractivity contribution is 9.10. The zero-order valence-corrected chi connectivity index (χ0v) is 21.7. The number of carbonyl (C=O) groups is 1. The molecule has 4 rings (SSSR count). The fourth-order valence-electron chi connectivity index (χ4n) is 3.30. The number of rotatable bonds is 9. The number of amides is 1. The van der Waals surface area contributed by atoms with Crippen molar-refractivity contribution in [1.82, 2.24) is 4.90 Å². The van der Waals surface area contributed by atoms with Crippen LogP contribution in [0.25, 0.3) is 0 Å². The summed E-state index contributed by atoms with van der Waals surface area (Å²) < 4.78 is 1.98. The molecule has 4 aromatic rings. The van der Waals surface area contributed by atoms with Gasteiger partial charge in [0.1, 0.15) is 0 Å².